The highest BCUT2D eigenvalue weighted by atomic mass is 32.2. The standard InChI is InChI=1S/C8H16OS2/c1-5-11(9)7-6-10-8(2,3)4/h5H,1,6-7H2,2-4H3. The zero-order valence-electron chi connectivity index (χ0n) is 7.42. The summed E-state index contributed by atoms with van der Waals surface area (Å²) in [6, 6.07) is 0. The molecule has 0 heterocycles. The number of thioether (sulfide) groups is 1. The maximum Gasteiger partial charge on any atom is 0.0458 e. The summed E-state index contributed by atoms with van der Waals surface area (Å²) < 4.78 is 11.2. The van der Waals surface area contributed by atoms with Crippen LogP contribution in [0.15, 0.2) is 12.0 Å². The van der Waals surface area contributed by atoms with E-state index < -0.39 is 10.8 Å². The fourth-order valence-electron chi connectivity index (χ4n) is 0.513. The van der Waals surface area contributed by atoms with Crippen molar-refractivity contribution in [3.05, 3.63) is 12.0 Å². The van der Waals surface area contributed by atoms with Crippen LogP contribution in [-0.4, -0.2) is 20.5 Å². The molecule has 0 aliphatic rings. The largest absolute Gasteiger partial charge is 0.255 e. The highest BCUT2D eigenvalue weighted by Crippen LogP contribution is 2.22. The second kappa shape index (κ2) is 4.99. The van der Waals surface area contributed by atoms with E-state index in [-0.39, 0.29) is 4.75 Å². The second-order valence-electron chi connectivity index (χ2n) is 3.21. The lowest BCUT2D eigenvalue weighted by Crippen LogP contribution is -2.10. The second-order valence-corrected chi connectivity index (χ2v) is 6.64. The SMILES string of the molecule is C=CS(=O)CCSC(C)(C)C. The van der Waals surface area contributed by atoms with Crippen molar-refractivity contribution in [3.8, 4) is 0 Å². The van der Waals surface area contributed by atoms with Gasteiger partial charge in [0.2, 0.25) is 0 Å². The van der Waals surface area contributed by atoms with Crippen LogP contribution in [0.1, 0.15) is 20.8 Å². The minimum absolute atomic E-state index is 0.283. The first kappa shape index (κ1) is 11.2. The fraction of sp³-hybridized carbons (Fsp3) is 0.750. The lowest BCUT2D eigenvalue weighted by molar-refractivity contribution is 0.689. The van der Waals surface area contributed by atoms with Crippen LogP contribution in [0.4, 0.5) is 0 Å². The first-order valence-corrected chi connectivity index (χ1v) is 5.96. The molecule has 0 spiro atoms. The normalized spacial score (nSPS) is 14.5. The van der Waals surface area contributed by atoms with Crippen molar-refractivity contribution in [3.63, 3.8) is 0 Å². The van der Waals surface area contributed by atoms with Crippen molar-refractivity contribution in [2.75, 3.05) is 11.5 Å². The maximum atomic E-state index is 10.9. The van der Waals surface area contributed by atoms with E-state index in [1.807, 2.05) is 11.8 Å². The zero-order chi connectivity index (χ0) is 8.91. The Morgan fingerprint density at radius 3 is 2.45 bits per heavy atom. The zero-order valence-corrected chi connectivity index (χ0v) is 9.06. The van der Waals surface area contributed by atoms with E-state index >= 15 is 0 Å². The minimum atomic E-state index is -0.819. The number of rotatable bonds is 4. The van der Waals surface area contributed by atoms with Gasteiger partial charge >= 0.3 is 0 Å². The molecule has 66 valence electrons. The van der Waals surface area contributed by atoms with Crippen molar-refractivity contribution >= 4 is 22.6 Å². The molecule has 0 aromatic carbocycles. The summed E-state index contributed by atoms with van der Waals surface area (Å²) in [7, 11) is -0.819. The molecule has 1 atom stereocenters. The molecule has 0 radical (unpaired) electrons. The Hall–Kier alpha value is 0.240. The first-order chi connectivity index (χ1) is 4.95. The van der Waals surface area contributed by atoms with Gasteiger partial charge in [0.1, 0.15) is 0 Å². The van der Waals surface area contributed by atoms with Gasteiger partial charge < -0.3 is 0 Å². The van der Waals surface area contributed by atoms with Gasteiger partial charge in [-0.1, -0.05) is 27.4 Å². The molecule has 0 aromatic heterocycles. The molecule has 0 saturated carbocycles. The molecular formula is C8H16OS2. The van der Waals surface area contributed by atoms with E-state index in [4.69, 9.17) is 0 Å². The maximum absolute atomic E-state index is 10.9. The third-order valence-electron chi connectivity index (χ3n) is 1.01. The monoisotopic (exact) mass is 192 g/mol. The van der Waals surface area contributed by atoms with Gasteiger partial charge in [0, 0.05) is 27.1 Å². The molecule has 0 amide bonds. The Labute approximate surface area is 76.1 Å². The van der Waals surface area contributed by atoms with Gasteiger partial charge in [0.15, 0.2) is 0 Å². The van der Waals surface area contributed by atoms with E-state index in [1.165, 1.54) is 5.41 Å². The summed E-state index contributed by atoms with van der Waals surface area (Å²) in [5.74, 6) is 1.67. The van der Waals surface area contributed by atoms with Crippen molar-refractivity contribution in [2.24, 2.45) is 0 Å². The predicted molar refractivity (Wildman–Crippen MR) is 55.4 cm³/mol. The Kier molecular flexibility index (Phi) is 5.10. The van der Waals surface area contributed by atoms with Crippen molar-refractivity contribution < 1.29 is 4.21 Å². The van der Waals surface area contributed by atoms with Gasteiger partial charge in [-0.25, -0.2) is 0 Å². The van der Waals surface area contributed by atoms with E-state index in [1.54, 1.807) is 0 Å². The highest BCUT2D eigenvalue weighted by Gasteiger charge is 2.09. The molecule has 3 heteroatoms. The Bertz CT molecular complexity index is 147. The average molecular weight is 192 g/mol. The molecule has 0 N–H and O–H groups in total. The predicted octanol–water partition coefficient (Wildman–Crippen LogP) is 2.41. The Morgan fingerprint density at radius 2 is 2.09 bits per heavy atom. The summed E-state index contributed by atoms with van der Waals surface area (Å²) in [6.07, 6.45) is 0. The summed E-state index contributed by atoms with van der Waals surface area (Å²) in [4.78, 5) is 0. The van der Waals surface area contributed by atoms with Crippen LogP contribution in [0.2, 0.25) is 0 Å². The topological polar surface area (TPSA) is 17.1 Å². The molecule has 0 aliphatic carbocycles. The minimum Gasteiger partial charge on any atom is -0.255 e. The average Bonchev–Trinajstić information content (AvgIpc) is 1.85. The van der Waals surface area contributed by atoms with Crippen LogP contribution in [-0.2, 0) is 10.8 Å². The van der Waals surface area contributed by atoms with E-state index in [9.17, 15) is 4.21 Å². The van der Waals surface area contributed by atoms with Crippen LogP contribution < -0.4 is 0 Å². The number of hydrogen-bond acceptors (Lipinski definition) is 2. The summed E-state index contributed by atoms with van der Waals surface area (Å²) >= 11 is 1.84. The molecule has 1 unspecified atom stereocenters. The fourth-order valence-corrected chi connectivity index (χ4v) is 2.28. The molecule has 1 nitrogen and oxygen atoms in total. The summed E-state index contributed by atoms with van der Waals surface area (Å²) in [5.41, 5.74) is 0. The molecule has 0 aromatic rings. The van der Waals surface area contributed by atoms with Gasteiger partial charge in [0.05, 0.1) is 0 Å². The van der Waals surface area contributed by atoms with Gasteiger partial charge in [-0.05, 0) is 5.41 Å². The van der Waals surface area contributed by atoms with Crippen LogP contribution >= 0.6 is 11.8 Å². The molecule has 0 aliphatic heterocycles. The van der Waals surface area contributed by atoms with Gasteiger partial charge in [-0.15, -0.1) is 0 Å². The lowest BCUT2D eigenvalue weighted by Gasteiger charge is -2.16. The first-order valence-electron chi connectivity index (χ1n) is 3.59. The van der Waals surface area contributed by atoms with E-state index in [0.717, 1.165) is 11.5 Å². The van der Waals surface area contributed by atoms with Gasteiger partial charge in [-0.3, -0.25) is 4.21 Å². The van der Waals surface area contributed by atoms with Crippen molar-refractivity contribution in [1.29, 1.82) is 0 Å². The van der Waals surface area contributed by atoms with Gasteiger partial charge in [-0.2, -0.15) is 11.8 Å². The van der Waals surface area contributed by atoms with E-state index in [0.29, 0.717) is 0 Å². The third kappa shape index (κ3) is 8.14. The Balaban J connectivity index is 3.42. The Morgan fingerprint density at radius 1 is 1.55 bits per heavy atom. The summed E-state index contributed by atoms with van der Waals surface area (Å²) in [6.45, 7) is 9.95. The molecule has 11 heavy (non-hydrogen) atoms. The molecule has 0 bridgehead atoms. The lowest BCUT2D eigenvalue weighted by atomic mass is 10.3. The number of hydrogen-bond donors (Lipinski definition) is 0. The highest BCUT2D eigenvalue weighted by molar-refractivity contribution is 8.01. The summed E-state index contributed by atoms with van der Waals surface area (Å²) in [5, 5.41) is 1.50. The van der Waals surface area contributed by atoms with Crippen molar-refractivity contribution in [2.45, 2.75) is 25.5 Å². The third-order valence-corrected chi connectivity index (χ3v) is 3.52. The van der Waals surface area contributed by atoms with Crippen LogP contribution in [0, 0.1) is 0 Å². The van der Waals surface area contributed by atoms with Crippen LogP contribution in [0.25, 0.3) is 0 Å². The molecule has 0 saturated heterocycles. The smallest absolute Gasteiger partial charge is 0.0458 e. The molecule has 0 rings (SSSR count). The van der Waals surface area contributed by atoms with Crippen LogP contribution in [0.3, 0.4) is 0 Å². The van der Waals surface area contributed by atoms with Crippen molar-refractivity contribution in [1.82, 2.24) is 0 Å². The quantitative estimate of drug-likeness (QED) is 0.680. The molecule has 0 fully saturated rings. The molecular weight excluding hydrogens is 176 g/mol. The van der Waals surface area contributed by atoms with E-state index in [2.05, 4.69) is 27.4 Å². The van der Waals surface area contributed by atoms with Gasteiger partial charge in [0.25, 0.3) is 0 Å². The van der Waals surface area contributed by atoms with Crippen LogP contribution in [0.5, 0.6) is 0 Å².